The number of hydrogen-bond acceptors (Lipinski definition) is 4. The number of benzene rings is 8. The van der Waals surface area contributed by atoms with Crippen molar-refractivity contribution in [3.8, 4) is 50.7 Å². The Labute approximate surface area is 396 Å². The van der Waals surface area contributed by atoms with Crippen molar-refractivity contribution < 1.29 is 32.7 Å². The monoisotopic (exact) mass is 1010 g/mol. The molecule has 314 valence electrons. The molecule has 0 unspecified atom stereocenters. The first-order valence-electron chi connectivity index (χ1n) is 23.5. The number of nitrogens with zero attached hydrogens (tertiary/aromatic N) is 4. The number of aromatic nitrogens is 2. The molecule has 1 aliphatic rings. The number of para-hydroxylation sites is 4. The van der Waals surface area contributed by atoms with Crippen LogP contribution < -0.4 is 14.5 Å². The Bertz CT molecular complexity index is 3560. The fourth-order valence-electron chi connectivity index (χ4n) is 8.51. The Morgan fingerprint density at radius 1 is 0.578 bits per heavy atom. The first-order chi connectivity index (χ1) is 32.9. The van der Waals surface area contributed by atoms with Gasteiger partial charge in [-0.15, -0.1) is 48.1 Å². The van der Waals surface area contributed by atoms with Crippen LogP contribution in [0.2, 0.25) is 0 Å². The molecule has 0 fully saturated rings. The van der Waals surface area contributed by atoms with Crippen molar-refractivity contribution in [2.45, 2.75) is 26.2 Å². The van der Waals surface area contributed by atoms with E-state index in [2.05, 4.69) is 127 Å². The van der Waals surface area contributed by atoms with Gasteiger partial charge in [-0.25, -0.2) is 4.98 Å². The molecular weight excluding hydrogens is 964 g/mol. The Balaban J connectivity index is 0.00000553. The van der Waals surface area contributed by atoms with Gasteiger partial charge in [-0.3, -0.25) is 0 Å². The van der Waals surface area contributed by atoms with Gasteiger partial charge < -0.3 is 19.1 Å². The minimum atomic E-state index is -0.414. The summed E-state index contributed by atoms with van der Waals surface area (Å²) in [5.74, 6) is 1.90. The Morgan fingerprint density at radius 2 is 1.23 bits per heavy atom. The molecule has 0 saturated carbocycles. The van der Waals surface area contributed by atoms with Crippen LogP contribution >= 0.6 is 0 Å². The van der Waals surface area contributed by atoms with E-state index in [0.29, 0.717) is 17.1 Å². The average molecular weight is 1010 g/mol. The maximum atomic E-state index is 8.59. The van der Waals surface area contributed by atoms with E-state index in [4.69, 9.17) is 16.6 Å². The van der Waals surface area contributed by atoms with Gasteiger partial charge in [0.2, 0.25) is 0 Å². The van der Waals surface area contributed by atoms with Gasteiger partial charge in [0.1, 0.15) is 5.82 Å². The van der Waals surface area contributed by atoms with Gasteiger partial charge in [0.25, 0.3) is 0 Å². The maximum absolute atomic E-state index is 8.59. The average Bonchev–Trinajstić information content (AvgIpc) is 3.91. The van der Waals surface area contributed by atoms with Crippen LogP contribution in [0.5, 0.6) is 11.5 Å². The van der Waals surface area contributed by atoms with E-state index in [1.165, 1.54) is 5.56 Å². The molecule has 0 saturated heterocycles. The first kappa shape index (κ1) is 35.3. The van der Waals surface area contributed by atoms with Gasteiger partial charge in [-0.1, -0.05) is 160 Å². The van der Waals surface area contributed by atoms with Crippen molar-refractivity contribution in [1.29, 1.82) is 0 Å². The molecule has 64 heavy (non-hydrogen) atoms. The minimum Gasteiger partial charge on any atom is -0.509 e. The van der Waals surface area contributed by atoms with Gasteiger partial charge in [-0.2, -0.15) is 12.1 Å². The van der Waals surface area contributed by atoms with Gasteiger partial charge in [0.15, 0.2) is 0 Å². The molecule has 6 heteroatoms. The summed E-state index contributed by atoms with van der Waals surface area (Å²) in [6.07, 6.45) is 1.88. The van der Waals surface area contributed by atoms with Crippen LogP contribution in [0.4, 0.5) is 22.7 Å². The van der Waals surface area contributed by atoms with Crippen molar-refractivity contribution in [2.75, 3.05) is 9.80 Å². The van der Waals surface area contributed by atoms with E-state index in [0.717, 1.165) is 72.6 Å². The maximum Gasteiger partial charge on any atom is 0.135 e. The van der Waals surface area contributed by atoms with Crippen LogP contribution in [0.15, 0.2) is 200 Å². The van der Waals surface area contributed by atoms with E-state index < -0.39 is 6.04 Å². The summed E-state index contributed by atoms with van der Waals surface area (Å²) < 4.78 is 50.6. The normalized spacial score (nSPS) is 13.5. The van der Waals surface area contributed by atoms with Crippen molar-refractivity contribution in [3.05, 3.63) is 225 Å². The SMILES string of the molecule is [2H]c1c([2H])c([2H])c(-c2ccc(-c3cccc(-c4ccccc4)c3N3[CH-]N(c4[c-]c(Oc5[c-]c6c(cc5)c5ccccc5n6-c5cc(C(C)(C)C)ccn5)ccc4)c4ccccc43)cc2)c([2H])c1[2H].[Pt]. The van der Waals surface area contributed by atoms with E-state index >= 15 is 0 Å². The fraction of sp³-hybridized carbons (Fsp3) is 0.0690. The summed E-state index contributed by atoms with van der Waals surface area (Å²) in [5.41, 5.74) is 11.3. The predicted molar refractivity (Wildman–Crippen MR) is 259 cm³/mol. The number of fused-ring (bicyclic) bond motifs is 4. The largest absolute Gasteiger partial charge is 0.509 e. The summed E-state index contributed by atoms with van der Waals surface area (Å²) in [5, 5.41) is 2.16. The zero-order valence-corrected chi connectivity index (χ0v) is 37.5. The van der Waals surface area contributed by atoms with Gasteiger partial charge in [0.05, 0.1) is 6.85 Å². The number of rotatable bonds is 8. The molecule has 1 aliphatic heterocycles. The fourth-order valence-corrected chi connectivity index (χ4v) is 8.51. The first-order valence-corrected chi connectivity index (χ1v) is 21.0. The van der Waals surface area contributed by atoms with Crippen molar-refractivity contribution in [3.63, 3.8) is 0 Å². The number of hydrogen-bond donors (Lipinski definition) is 0. The Morgan fingerprint density at radius 3 is 2.00 bits per heavy atom. The van der Waals surface area contributed by atoms with Crippen LogP contribution in [-0.2, 0) is 26.5 Å². The quantitative estimate of drug-likeness (QED) is 0.142. The molecule has 0 radical (unpaired) electrons. The van der Waals surface area contributed by atoms with Gasteiger partial charge in [-0.05, 0) is 69.0 Å². The summed E-state index contributed by atoms with van der Waals surface area (Å²) in [6.45, 7) is 8.70. The van der Waals surface area contributed by atoms with E-state index in [9.17, 15) is 0 Å². The molecule has 3 heterocycles. The second-order valence-corrected chi connectivity index (χ2v) is 16.6. The van der Waals surface area contributed by atoms with Crippen molar-refractivity contribution >= 4 is 44.6 Å². The summed E-state index contributed by atoms with van der Waals surface area (Å²) in [7, 11) is 0. The molecule has 0 aliphatic carbocycles. The second kappa shape index (κ2) is 16.8. The molecule has 2 aromatic heterocycles. The Kier molecular flexibility index (Phi) is 9.27. The molecule has 0 atom stereocenters. The second-order valence-electron chi connectivity index (χ2n) is 16.6. The summed E-state index contributed by atoms with van der Waals surface area (Å²) >= 11 is 0. The smallest absolute Gasteiger partial charge is 0.135 e. The van der Waals surface area contributed by atoms with Crippen LogP contribution in [0.25, 0.3) is 61.0 Å². The van der Waals surface area contributed by atoms with Crippen LogP contribution in [0.3, 0.4) is 0 Å². The third kappa shape index (κ3) is 7.46. The third-order valence-corrected chi connectivity index (χ3v) is 11.6. The topological polar surface area (TPSA) is 33.5 Å². The zero-order chi connectivity index (χ0) is 46.8. The van der Waals surface area contributed by atoms with Crippen LogP contribution in [0, 0.1) is 18.8 Å². The van der Waals surface area contributed by atoms with Gasteiger partial charge >= 0.3 is 0 Å². The molecule has 8 aromatic carbocycles. The molecule has 0 bridgehead atoms. The molecule has 11 rings (SSSR count). The molecule has 0 spiro atoms. The standard InChI is InChI=1S/C58H43N4O.Pt/c1-58(2,3)44-34-35-59-56(36-44)62-52-25-11-10-22-50(52)51-33-32-47(38-55(51)62)63-46-21-14-20-45(37-46)60-39-61(54-27-13-12-26-53(54)60)57-48(42-18-8-5-9-19-42)23-15-24-49(57)43-30-28-41(29-31-43)40-16-6-4-7-17-40;/h4-36,39H,1-3H3;/q-3;/i4D,6D,7D,16D,17D;. The van der Waals surface area contributed by atoms with Crippen LogP contribution in [0.1, 0.15) is 33.2 Å². The van der Waals surface area contributed by atoms with E-state index in [1.54, 1.807) is 0 Å². The Hall–Kier alpha value is -7.20. The number of pyridine rings is 1. The van der Waals surface area contributed by atoms with E-state index in [1.807, 2.05) is 97.2 Å². The molecule has 0 amide bonds. The summed E-state index contributed by atoms with van der Waals surface area (Å²) in [4.78, 5) is 9.17. The minimum absolute atomic E-state index is 0. The van der Waals surface area contributed by atoms with Crippen molar-refractivity contribution in [1.82, 2.24) is 9.55 Å². The molecular formula is C58H43N4OPt-3. The van der Waals surface area contributed by atoms with Crippen LogP contribution in [-0.4, -0.2) is 9.55 Å². The third-order valence-electron chi connectivity index (χ3n) is 11.6. The van der Waals surface area contributed by atoms with Gasteiger partial charge in [0, 0.05) is 72.5 Å². The predicted octanol–water partition coefficient (Wildman–Crippen LogP) is 15.3. The molecule has 5 nitrogen and oxygen atoms in total. The summed E-state index contributed by atoms with van der Waals surface area (Å²) in [6, 6.07) is 60.4. The van der Waals surface area contributed by atoms with E-state index in [-0.39, 0.29) is 56.2 Å². The molecule has 10 aromatic rings. The number of ether oxygens (including phenoxy) is 1. The number of anilines is 4. The molecule has 0 N–H and O–H groups in total. The van der Waals surface area contributed by atoms with Crippen molar-refractivity contribution in [2.24, 2.45) is 0 Å². The zero-order valence-electron chi connectivity index (χ0n) is 40.3.